The van der Waals surface area contributed by atoms with Crippen LogP contribution in [0.25, 0.3) is 0 Å². The number of methoxy groups -OCH3 is 1. The maximum absolute atomic E-state index is 11.0. The van der Waals surface area contributed by atoms with Gasteiger partial charge in [-0.25, -0.2) is 0 Å². The van der Waals surface area contributed by atoms with Gasteiger partial charge >= 0.3 is 5.97 Å². The molecule has 0 unspecified atom stereocenters. The largest absolute Gasteiger partial charge is 0.481 e. The third-order valence-corrected chi connectivity index (χ3v) is 8.71. The van der Waals surface area contributed by atoms with E-state index >= 15 is 0 Å². The van der Waals surface area contributed by atoms with E-state index in [0.717, 1.165) is 0 Å². The van der Waals surface area contributed by atoms with Gasteiger partial charge < -0.3 is 14.3 Å². The second-order valence-corrected chi connectivity index (χ2v) is 11.9. The summed E-state index contributed by atoms with van der Waals surface area (Å²) in [5.74, 6) is -0.831. The van der Waals surface area contributed by atoms with Crippen LogP contribution in [-0.2, 0) is 14.0 Å². The van der Waals surface area contributed by atoms with Crippen LogP contribution in [0.1, 0.15) is 33.6 Å². The van der Waals surface area contributed by atoms with Crippen LogP contribution in [0.15, 0.2) is 10.2 Å². The molecule has 0 aliphatic heterocycles. The summed E-state index contributed by atoms with van der Waals surface area (Å²) in [7, 11) is -0.352. The molecule has 0 aromatic carbocycles. The molecule has 0 amide bonds. The predicted molar refractivity (Wildman–Crippen MR) is 92.9 cm³/mol. The Hall–Kier alpha value is 0.0769. The smallest absolute Gasteiger partial charge is 0.305 e. The SMILES string of the molecule is CO[C@@H](/C=C/I)C[C@@H](CC(=O)O)O[Si](C)(C)C(C)(C)C. The minimum Gasteiger partial charge on any atom is -0.481 e. The summed E-state index contributed by atoms with van der Waals surface area (Å²) in [6, 6.07) is 0. The molecule has 0 radical (unpaired) electrons. The van der Waals surface area contributed by atoms with Gasteiger partial charge in [-0.2, -0.15) is 0 Å². The van der Waals surface area contributed by atoms with Crippen molar-refractivity contribution in [1.29, 1.82) is 0 Å². The Bertz CT molecular complexity index is 337. The average molecular weight is 414 g/mol. The molecule has 2 atom stereocenters. The fourth-order valence-electron chi connectivity index (χ4n) is 1.55. The molecule has 0 aliphatic rings. The van der Waals surface area contributed by atoms with Gasteiger partial charge in [0.2, 0.25) is 0 Å². The van der Waals surface area contributed by atoms with Gasteiger partial charge in [-0.1, -0.05) is 43.4 Å². The monoisotopic (exact) mass is 414 g/mol. The van der Waals surface area contributed by atoms with Gasteiger partial charge in [0.25, 0.3) is 0 Å². The first-order chi connectivity index (χ1) is 9.03. The Morgan fingerprint density at radius 3 is 2.30 bits per heavy atom. The molecule has 0 saturated heterocycles. The predicted octanol–water partition coefficient (Wildman–Crippen LogP) is 4.21. The lowest BCUT2D eigenvalue weighted by molar-refractivity contribution is -0.139. The van der Waals surface area contributed by atoms with Crippen molar-refractivity contribution < 1.29 is 19.1 Å². The highest BCUT2D eigenvalue weighted by Gasteiger charge is 2.39. The van der Waals surface area contributed by atoms with E-state index in [9.17, 15) is 4.79 Å². The molecule has 20 heavy (non-hydrogen) atoms. The Morgan fingerprint density at radius 1 is 1.40 bits per heavy atom. The van der Waals surface area contributed by atoms with Crippen LogP contribution in [0.5, 0.6) is 0 Å². The molecule has 4 nitrogen and oxygen atoms in total. The molecule has 0 aliphatic carbocycles. The fraction of sp³-hybridized carbons (Fsp3) is 0.786. The first-order valence-corrected chi connectivity index (χ1v) is 10.9. The maximum atomic E-state index is 11.0. The molecule has 0 spiro atoms. The molecule has 0 fully saturated rings. The van der Waals surface area contributed by atoms with E-state index in [-0.39, 0.29) is 23.7 Å². The van der Waals surface area contributed by atoms with Crippen molar-refractivity contribution in [2.75, 3.05) is 7.11 Å². The molecule has 118 valence electrons. The number of hydrogen-bond donors (Lipinski definition) is 1. The van der Waals surface area contributed by atoms with E-state index in [2.05, 4.69) is 56.5 Å². The van der Waals surface area contributed by atoms with Crippen LogP contribution in [0.4, 0.5) is 0 Å². The molecule has 0 bridgehead atoms. The van der Waals surface area contributed by atoms with E-state index in [1.807, 2.05) is 10.2 Å². The first kappa shape index (κ1) is 20.1. The zero-order valence-electron chi connectivity index (χ0n) is 13.3. The minimum atomic E-state index is -1.98. The van der Waals surface area contributed by atoms with Crippen molar-refractivity contribution >= 4 is 36.9 Å². The van der Waals surface area contributed by atoms with Crippen molar-refractivity contribution in [3.63, 3.8) is 0 Å². The number of aliphatic carboxylic acids is 1. The summed E-state index contributed by atoms with van der Waals surface area (Å²) >= 11 is 2.13. The van der Waals surface area contributed by atoms with Crippen molar-refractivity contribution in [2.45, 2.75) is 64.0 Å². The van der Waals surface area contributed by atoms with Gasteiger partial charge in [-0.3, -0.25) is 4.79 Å². The second kappa shape index (κ2) is 8.50. The maximum Gasteiger partial charge on any atom is 0.305 e. The Kier molecular flexibility index (Phi) is 8.54. The van der Waals surface area contributed by atoms with E-state index in [4.69, 9.17) is 14.3 Å². The van der Waals surface area contributed by atoms with Crippen LogP contribution >= 0.6 is 22.6 Å². The average Bonchev–Trinajstić information content (AvgIpc) is 2.25. The summed E-state index contributed by atoms with van der Waals surface area (Å²) in [6.45, 7) is 10.7. The summed E-state index contributed by atoms with van der Waals surface area (Å²) in [5.41, 5.74) is 0. The Morgan fingerprint density at radius 2 is 1.95 bits per heavy atom. The molecule has 1 N–H and O–H groups in total. The quantitative estimate of drug-likeness (QED) is 0.478. The number of halogens is 1. The van der Waals surface area contributed by atoms with E-state index in [1.165, 1.54) is 0 Å². The second-order valence-electron chi connectivity index (χ2n) is 6.43. The topological polar surface area (TPSA) is 55.8 Å². The molecule has 0 saturated carbocycles. The van der Waals surface area contributed by atoms with Crippen molar-refractivity contribution in [2.24, 2.45) is 0 Å². The van der Waals surface area contributed by atoms with Crippen LogP contribution in [0.3, 0.4) is 0 Å². The van der Waals surface area contributed by atoms with Crippen LogP contribution in [0, 0.1) is 0 Å². The molecule has 6 heteroatoms. The molecular formula is C14H27IO4Si. The molecule has 0 heterocycles. The first-order valence-electron chi connectivity index (χ1n) is 6.72. The summed E-state index contributed by atoms with van der Waals surface area (Å²) < 4.78 is 13.5. The number of carbonyl (C=O) groups is 1. The molecule has 0 rings (SSSR count). The molecular weight excluding hydrogens is 387 g/mol. The summed E-state index contributed by atoms with van der Waals surface area (Å²) in [6.07, 6.45) is 2.08. The molecule has 0 aromatic rings. The van der Waals surface area contributed by atoms with E-state index < -0.39 is 14.3 Å². The van der Waals surface area contributed by atoms with Gasteiger partial charge in [0.1, 0.15) is 0 Å². The number of rotatable bonds is 8. The summed E-state index contributed by atoms with van der Waals surface area (Å²) in [4.78, 5) is 11.0. The minimum absolute atomic E-state index is 0.0153. The van der Waals surface area contributed by atoms with Gasteiger partial charge in [0.15, 0.2) is 8.32 Å². The number of hydrogen-bond acceptors (Lipinski definition) is 3. The van der Waals surface area contributed by atoms with Crippen LogP contribution in [-0.4, -0.2) is 38.7 Å². The van der Waals surface area contributed by atoms with Crippen molar-refractivity contribution in [3.8, 4) is 0 Å². The number of carboxylic acid groups (broad SMARTS) is 1. The van der Waals surface area contributed by atoms with Gasteiger partial charge in [-0.05, 0) is 28.3 Å². The zero-order valence-corrected chi connectivity index (χ0v) is 16.4. The Balaban J connectivity index is 4.93. The Labute approximate surface area is 137 Å². The highest BCUT2D eigenvalue weighted by Crippen LogP contribution is 2.38. The lowest BCUT2D eigenvalue weighted by atomic mass is 10.1. The van der Waals surface area contributed by atoms with Crippen molar-refractivity contribution in [1.82, 2.24) is 0 Å². The number of ether oxygens (including phenoxy) is 1. The van der Waals surface area contributed by atoms with Gasteiger partial charge in [-0.15, -0.1) is 0 Å². The normalized spacial score (nSPS) is 16.4. The van der Waals surface area contributed by atoms with E-state index in [0.29, 0.717) is 6.42 Å². The van der Waals surface area contributed by atoms with Gasteiger partial charge in [0, 0.05) is 13.5 Å². The van der Waals surface area contributed by atoms with Crippen LogP contribution < -0.4 is 0 Å². The number of carboxylic acids is 1. The zero-order chi connectivity index (χ0) is 16.0. The van der Waals surface area contributed by atoms with Crippen molar-refractivity contribution in [3.05, 3.63) is 10.2 Å². The fourth-order valence-corrected chi connectivity index (χ4v) is 3.38. The standard InChI is InChI=1S/C14H27IO4Si/c1-14(2,3)20(5,6)19-12(10-13(16)17)9-11(18-4)7-8-15/h7-8,11-12H,9-10H2,1-6H3,(H,16,17)/b8-7+/t11-,12-/m0/s1. The molecule has 0 aromatic heterocycles. The summed E-state index contributed by atoms with van der Waals surface area (Å²) in [5, 5.41) is 9.14. The van der Waals surface area contributed by atoms with Crippen LogP contribution in [0.2, 0.25) is 18.1 Å². The highest BCUT2D eigenvalue weighted by molar-refractivity contribution is 14.1. The lowest BCUT2D eigenvalue weighted by Gasteiger charge is -2.39. The van der Waals surface area contributed by atoms with E-state index in [1.54, 1.807) is 7.11 Å². The third kappa shape index (κ3) is 7.19. The highest BCUT2D eigenvalue weighted by atomic mass is 127. The van der Waals surface area contributed by atoms with Gasteiger partial charge in [0.05, 0.1) is 18.6 Å². The lowest BCUT2D eigenvalue weighted by Crippen LogP contribution is -2.45. The third-order valence-electron chi connectivity index (χ3n) is 3.76.